The van der Waals surface area contributed by atoms with E-state index in [0.29, 0.717) is 12.6 Å². The lowest BCUT2D eigenvalue weighted by molar-refractivity contribution is 0.306. The molecular formula is C21H23NOS. The molecule has 2 nitrogen and oxygen atoms in total. The molecule has 0 radical (unpaired) electrons. The van der Waals surface area contributed by atoms with Crippen molar-refractivity contribution in [3.63, 3.8) is 0 Å². The van der Waals surface area contributed by atoms with Gasteiger partial charge in [0.15, 0.2) is 0 Å². The van der Waals surface area contributed by atoms with Gasteiger partial charge in [0.2, 0.25) is 0 Å². The Morgan fingerprint density at radius 3 is 2.42 bits per heavy atom. The first-order valence-corrected chi connectivity index (χ1v) is 9.19. The topological polar surface area (TPSA) is 21.3 Å². The molecule has 3 heteroatoms. The summed E-state index contributed by atoms with van der Waals surface area (Å²) in [6, 6.07) is 23.4. The van der Waals surface area contributed by atoms with E-state index in [-0.39, 0.29) is 0 Å². The molecule has 3 aromatic rings. The molecule has 0 spiro atoms. The van der Waals surface area contributed by atoms with Crippen LogP contribution in [0.3, 0.4) is 0 Å². The molecule has 0 saturated heterocycles. The van der Waals surface area contributed by atoms with Gasteiger partial charge in [0.1, 0.15) is 12.4 Å². The quantitative estimate of drug-likeness (QED) is 0.621. The van der Waals surface area contributed by atoms with Crippen LogP contribution in [0.2, 0.25) is 0 Å². The van der Waals surface area contributed by atoms with Crippen molar-refractivity contribution in [3.8, 4) is 5.75 Å². The van der Waals surface area contributed by atoms with E-state index in [1.54, 1.807) is 0 Å². The second kappa shape index (κ2) is 8.67. The zero-order valence-electron chi connectivity index (χ0n) is 13.9. The van der Waals surface area contributed by atoms with Crippen molar-refractivity contribution < 1.29 is 4.74 Å². The third-order valence-electron chi connectivity index (χ3n) is 3.91. The number of nitrogens with one attached hydrogen (secondary N) is 1. The van der Waals surface area contributed by atoms with Crippen molar-refractivity contribution in [1.29, 1.82) is 0 Å². The van der Waals surface area contributed by atoms with Crippen molar-refractivity contribution in [2.75, 3.05) is 0 Å². The molecule has 124 valence electrons. The smallest absolute Gasteiger partial charge is 0.119 e. The van der Waals surface area contributed by atoms with Crippen LogP contribution in [0.4, 0.5) is 0 Å². The Bertz CT molecular complexity index is 707. The van der Waals surface area contributed by atoms with Crippen molar-refractivity contribution in [2.24, 2.45) is 0 Å². The number of hydrogen-bond acceptors (Lipinski definition) is 3. The Balaban J connectivity index is 1.44. The Morgan fingerprint density at radius 1 is 0.917 bits per heavy atom. The highest BCUT2D eigenvalue weighted by Gasteiger charge is 2.04. The summed E-state index contributed by atoms with van der Waals surface area (Å²) in [6.45, 7) is 3.72. The van der Waals surface area contributed by atoms with E-state index < -0.39 is 0 Å². The molecule has 0 bridgehead atoms. The highest BCUT2D eigenvalue weighted by Crippen LogP contribution is 2.15. The molecule has 3 rings (SSSR count). The van der Waals surface area contributed by atoms with Gasteiger partial charge in [-0.2, -0.15) is 0 Å². The zero-order valence-corrected chi connectivity index (χ0v) is 14.8. The van der Waals surface area contributed by atoms with Crippen LogP contribution in [-0.4, -0.2) is 6.04 Å². The number of benzene rings is 2. The van der Waals surface area contributed by atoms with E-state index in [2.05, 4.69) is 54.0 Å². The summed E-state index contributed by atoms with van der Waals surface area (Å²) in [5, 5.41) is 5.72. The molecule has 24 heavy (non-hydrogen) atoms. The average Bonchev–Trinajstić information content (AvgIpc) is 3.13. The highest BCUT2D eigenvalue weighted by molar-refractivity contribution is 7.09. The Kier molecular flexibility index (Phi) is 6.05. The minimum Gasteiger partial charge on any atom is -0.489 e. The maximum Gasteiger partial charge on any atom is 0.119 e. The fraction of sp³-hybridized carbons (Fsp3) is 0.238. The van der Waals surface area contributed by atoms with Crippen LogP contribution in [0.1, 0.15) is 22.9 Å². The lowest BCUT2D eigenvalue weighted by atomic mass is 10.1. The number of hydrogen-bond donors (Lipinski definition) is 1. The molecule has 1 unspecified atom stereocenters. The molecule has 2 aromatic carbocycles. The normalized spacial score (nSPS) is 12.0. The molecule has 1 atom stereocenters. The highest BCUT2D eigenvalue weighted by atomic mass is 32.1. The number of rotatable bonds is 8. The predicted molar refractivity (Wildman–Crippen MR) is 102 cm³/mol. The number of ether oxygens (including phenoxy) is 1. The third-order valence-corrected chi connectivity index (χ3v) is 4.81. The molecule has 0 aliphatic rings. The first kappa shape index (κ1) is 16.7. The van der Waals surface area contributed by atoms with Crippen LogP contribution in [0, 0.1) is 0 Å². The average molecular weight is 337 g/mol. The SMILES string of the molecule is CC(Cc1cccs1)NCc1ccc(OCc2ccccc2)cc1. The summed E-state index contributed by atoms with van der Waals surface area (Å²) in [5.74, 6) is 0.911. The fourth-order valence-corrected chi connectivity index (χ4v) is 3.37. The van der Waals surface area contributed by atoms with Gasteiger partial charge >= 0.3 is 0 Å². The maximum absolute atomic E-state index is 5.82. The molecule has 1 aromatic heterocycles. The summed E-state index contributed by atoms with van der Waals surface area (Å²) in [6.07, 6.45) is 1.08. The molecule has 0 aliphatic heterocycles. The first-order valence-electron chi connectivity index (χ1n) is 8.31. The minimum absolute atomic E-state index is 0.470. The van der Waals surface area contributed by atoms with Crippen LogP contribution >= 0.6 is 11.3 Å². The van der Waals surface area contributed by atoms with Crippen LogP contribution in [0.25, 0.3) is 0 Å². The van der Waals surface area contributed by atoms with Gasteiger partial charge in [-0.3, -0.25) is 0 Å². The standard InChI is InChI=1S/C21H23NOS/c1-17(14-21-8-5-13-24-21)22-15-18-9-11-20(12-10-18)23-16-19-6-3-2-4-7-19/h2-13,17,22H,14-16H2,1H3. The summed E-state index contributed by atoms with van der Waals surface area (Å²) < 4.78 is 5.82. The van der Waals surface area contributed by atoms with Crippen molar-refractivity contribution >= 4 is 11.3 Å². The second-order valence-corrected chi connectivity index (χ2v) is 7.02. The summed E-state index contributed by atoms with van der Waals surface area (Å²) in [4.78, 5) is 1.43. The monoisotopic (exact) mass is 337 g/mol. The minimum atomic E-state index is 0.470. The summed E-state index contributed by atoms with van der Waals surface area (Å²) in [7, 11) is 0. The molecule has 0 saturated carbocycles. The predicted octanol–water partition coefficient (Wildman–Crippen LogP) is 5.05. The van der Waals surface area contributed by atoms with Crippen LogP contribution in [0.15, 0.2) is 72.1 Å². The van der Waals surface area contributed by atoms with E-state index in [9.17, 15) is 0 Å². The van der Waals surface area contributed by atoms with E-state index in [1.807, 2.05) is 41.7 Å². The number of thiophene rings is 1. The van der Waals surface area contributed by atoms with Gasteiger partial charge in [0.05, 0.1) is 0 Å². The zero-order chi connectivity index (χ0) is 16.6. The van der Waals surface area contributed by atoms with Crippen LogP contribution < -0.4 is 10.1 Å². The van der Waals surface area contributed by atoms with Crippen LogP contribution in [0.5, 0.6) is 5.75 Å². The van der Waals surface area contributed by atoms with Crippen molar-refractivity contribution in [1.82, 2.24) is 5.32 Å². The van der Waals surface area contributed by atoms with Gasteiger partial charge in [-0.25, -0.2) is 0 Å². The van der Waals surface area contributed by atoms with Crippen molar-refractivity contribution in [2.45, 2.75) is 32.5 Å². The Morgan fingerprint density at radius 2 is 1.71 bits per heavy atom. The molecule has 1 N–H and O–H groups in total. The first-order chi connectivity index (χ1) is 11.8. The van der Waals surface area contributed by atoms with E-state index in [0.717, 1.165) is 18.7 Å². The van der Waals surface area contributed by atoms with Gasteiger partial charge in [-0.1, -0.05) is 48.5 Å². The molecule has 0 fully saturated rings. The molecule has 1 heterocycles. The van der Waals surface area contributed by atoms with Crippen LogP contribution in [-0.2, 0) is 19.6 Å². The summed E-state index contributed by atoms with van der Waals surface area (Å²) >= 11 is 1.82. The van der Waals surface area contributed by atoms with Gasteiger partial charge in [0, 0.05) is 17.5 Å². The molecule has 0 aliphatic carbocycles. The largest absolute Gasteiger partial charge is 0.489 e. The Labute approximate surface area is 148 Å². The van der Waals surface area contributed by atoms with E-state index >= 15 is 0 Å². The lowest BCUT2D eigenvalue weighted by Gasteiger charge is -2.13. The summed E-state index contributed by atoms with van der Waals surface area (Å²) in [5.41, 5.74) is 2.46. The van der Waals surface area contributed by atoms with Gasteiger partial charge in [-0.15, -0.1) is 11.3 Å². The maximum atomic E-state index is 5.82. The third kappa shape index (κ3) is 5.22. The van der Waals surface area contributed by atoms with Gasteiger partial charge in [-0.05, 0) is 48.1 Å². The Hall–Kier alpha value is -2.10. The van der Waals surface area contributed by atoms with Gasteiger partial charge < -0.3 is 10.1 Å². The van der Waals surface area contributed by atoms with Gasteiger partial charge in [0.25, 0.3) is 0 Å². The molecular weight excluding hydrogens is 314 g/mol. The lowest BCUT2D eigenvalue weighted by Crippen LogP contribution is -2.27. The fourth-order valence-electron chi connectivity index (χ4n) is 2.54. The van der Waals surface area contributed by atoms with E-state index in [4.69, 9.17) is 4.74 Å². The molecule has 0 amide bonds. The van der Waals surface area contributed by atoms with Crippen molar-refractivity contribution in [3.05, 3.63) is 88.1 Å². The second-order valence-electron chi connectivity index (χ2n) is 5.98. The van der Waals surface area contributed by atoms with E-state index in [1.165, 1.54) is 16.0 Å².